The summed E-state index contributed by atoms with van der Waals surface area (Å²) in [7, 11) is 0. The van der Waals surface area contributed by atoms with Crippen LogP contribution >= 0.6 is 24.0 Å². The minimum atomic E-state index is -0.439. The number of thiocarbonyl (C=S) groups is 1. The van der Waals surface area contributed by atoms with Crippen LogP contribution in [0.5, 0.6) is 0 Å². The molecule has 1 amide bonds. The number of nitrogens with zero attached hydrogens (tertiary/aromatic N) is 1. The zero-order valence-electron chi connectivity index (χ0n) is 15.8. The number of fused-ring (bicyclic) bond motifs is 1. The van der Waals surface area contributed by atoms with Crippen LogP contribution in [-0.2, 0) is 14.3 Å². The summed E-state index contributed by atoms with van der Waals surface area (Å²) in [6, 6.07) is 13.5. The SMILES string of the molecule is CC1CCN(C(=S)SCC(=O)OCC(=O)Nc2cccc3ccccc23)CC1. The van der Waals surface area contributed by atoms with E-state index in [9.17, 15) is 9.59 Å². The third kappa shape index (κ3) is 5.69. The molecule has 28 heavy (non-hydrogen) atoms. The average Bonchev–Trinajstić information content (AvgIpc) is 2.71. The summed E-state index contributed by atoms with van der Waals surface area (Å²) < 4.78 is 5.82. The summed E-state index contributed by atoms with van der Waals surface area (Å²) >= 11 is 6.70. The van der Waals surface area contributed by atoms with Crippen LogP contribution in [0.25, 0.3) is 10.8 Å². The van der Waals surface area contributed by atoms with Crippen molar-refractivity contribution in [3.05, 3.63) is 42.5 Å². The summed E-state index contributed by atoms with van der Waals surface area (Å²) in [6.45, 7) is 3.82. The summed E-state index contributed by atoms with van der Waals surface area (Å²) in [5, 5.41) is 4.79. The summed E-state index contributed by atoms with van der Waals surface area (Å²) in [4.78, 5) is 26.2. The van der Waals surface area contributed by atoms with Crippen molar-refractivity contribution in [1.82, 2.24) is 4.90 Å². The highest BCUT2D eigenvalue weighted by atomic mass is 32.2. The maximum atomic E-state index is 12.1. The lowest BCUT2D eigenvalue weighted by Crippen LogP contribution is -2.35. The van der Waals surface area contributed by atoms with Crippen LogP contribution in [0.4, 0.5) is 5.69 Å². The zero-order chi connectivity index (χ0) is 19.9. The van der Waals surface area contributed by atoms with E-state index < -0.39 is 5.97 Å². The summed E-state index contributed by atoms with van der Waals surface area (Å²) in [5.41, 5.74) is 0.703. The van der Waals surface area contributed by atoms with E-state index in [1.165, 1.54) is 11.8 Å². The maximum Gasteiger partial charge on any atom is 0.316 e. The lowest BCUT2D eigenvalue weighted by molar-refractivity contribution is -0.144. The molecule has 1 aliphatic heterocycles. The lowest BCUT2D eigenvalue weighted by atomic mass is 10.00. The highest BCUT2D eigenvalue weighted by molar-refractivity contribution is 8.23. The number of hydrogen-bond acceptors (Lipinski definition) is 5. The van der Waals surface area contributed by atoms with Crippen LogP contribution < -0.4 is 5.32 Å². The fourth-order valence-electron chi connectivity index (χ4n) is 3.11. The Balaban J connectivity index is 1.41. The molecule has 0 spiro atoms. The van der Waals surface area contributed by atoms with Gasteiger partial charge in [-0.3, -0.25) is 9.59 Å². The van der Waals surface area contributed by atoms with Crippen LogP contribution in [0.1, 0.15) is 19.8 Å². The quantitative estimate of drug-likeness (QED) is 0.586. The second kappa shape index (κ2) is 9.89. The van der Waals surface area contributed by atoms with Gasteiger partial charge in [0.2, 0.25) is 0 Å². The molecule has 2 aromatic rings. The Bertz CT molecular complexity index is 858. The molecule has 0 aromatic heterocycles. The number of ether oxygens (including phenoxy) is 1. The third-order valence-corrected chi connectivity index (χ3v) is 6.28. The van der Waals surface area contributed by atoms with Gasteiger partial charge in [0.05, 0.1) is 5.75 Å². The molecule has 3 rings (SSSR count). The second-order valence-corrected chi connectivity index (χ2v) is 8.57. The van der Waals surface area contributed by atoms with Crippen molar-refractivity contribution < 1.29 is 14.3 Å². The first-order valence-corrected chi connectivity index (χ1v) is 10.8. The topological polar surface area (TPSA) is 58.6 Å². The van der Waals surface area contributed by atoms with E-state index in [0.29, 0.717) is 5.69 Å². The predicted molar refractivity (Wildman–Crippen MR) is 119 cm³/mol. The van der Waals surface area contributed by atoms with Crippen LogP contribution in [0.3, 0.4) is 0 Å². The number of rotatable bonds is 5. The standard InChI is InChI=1S/C21H24N2O3S2/c1-15-9-11-23(12-10-15)21(27)28-14-20(25)26-13-19(24)22-18-8-4-6-16-5-2-3-7-17(16)18/h2-8,15H,9-14H2,1H3,(H,22,24). The van der Waals surface area contributed by atoms with E-state index in [4.69, 9.17) is 17.0 Å². The van der Waals surface area contributed by atoms with Crippen LogP contribution in [-0.4, -0.2) is 46.5 Å². The molecule has 0 unspecified atom stereocenters. The summed E-state index contributed by atoms with van der Waals surface area (Å²) in [5.74, 6) is 0.0502. The first kappa shape index (κ1) is 20.6. The van der Waals surface area contributed by atoms with Crippen molar-refractivity contribution in [2.24, 2.45) is 5.92 Å². The van der Waals surface area contributed by atoms with Gasteiger partial charge in [0, 0.05) is 24.2 Å². The molecule has 0 saturated carbocycles. The molecule has 0 atom stereocenters. The Morgan fingerprint density at radius 2 is 1.89 bits per heavy atom. The van der Waals surface area contributed by atoms with Crippen molar-refractivity contribution in [3.63, 3.8) is 0 Å². The Labute approximate surface area is 174 Å². The molecule has 148 valence electrons. The minimum Gasteiger partial charge on any atom is -0.455 e. The predicted octanol–water partition coefficient (Wildman–Crippen LogP) is 4.07. The number of hydrogen-bond donors (Lipinski definition) is 1. The van der Waals surface area contributed by atoms with Crippen molar-refractivity contribution in [2.45, 2.75) is 19.8 Å². The van der Waals surface area contributed by atoms with Gasteiger partial charge in [0.1, 0.15) is 4.32 Å². The molecule has 1 aliphatic rings. The second-order valence-electron chi connectivity index (χ2n) is 6.96. The van der Waals surface area contributed by atoms with E-state index in [-0.39, 0.29) is 18.3 Å². The number of carbonyl (C=O) groups is 2. The largest absolute Gasteiger partial charge is 0.455 e. The Morgan fingerprint density at radius 3 is 2.68 bits per heavy atom. The lowest BCUT2D eigenvalue weighted by Gasteiger charge is -2.31. The number of benzene rings is 2. The first-order chi connectivity index (χ1) is 13.5. The van der Waals surface area contributed by atoms with Gasteiger partial charge in [-0.05, 0) is 30.2 Å². The number of esters is 1. The highest BCUT2D eigenvalue weighted by Gasteiger charge is 2.19. The molecule has 1 N–H and O–H groups in total. The minimum absolute atomic E-state index is 0.117. The summed E-state index contributed by atoms with van der Waals surface area (Å²) in [6.07, 6.45) is 2.25. The number of piperidine rings is 1. The van der Waals surface area contributed by atoms with Gasteiger partial charge < -0.3 is 15.0 Å². The van der Waals surface area contributed by atoms with Gasteiger partial charge >= 0.3 is 5.97 Å². The first-order valence-electron chi connectivity index (χ1n) is 9.38. The molecular weight excluding hydrogens is 392 g/mol. The zero-order valence-corrected chi connectivity index (χ0v) is 17.5. The van der Waals surface area contributed by atoms with Crippen LogP contribution in [0.15, 0.2) is 42.5 Å². The molecule has 0 radical (unpaired) electrons. The molecule has 0 bridgehead atoms. The number of nitrogens with one attached hydrogen (secondary N) is 1. The Kier molecular flexibility index (Phi) is 7.28. The smallest absolute Gasteiger partial charge is 0.316 e. The third-order valence-electron chi connectivity index (χ3n) is 4.78. The van der Waals surface area contributed by atoms with Crippen molar-refractivity contribution in [2.75, 3.05) is 30.8 Å². The normalized spacial score (nSPS) is 14.7. The Hall–Kier alpha value is -2.12. The molecule has 0 aliphatic carbocycles. The van der Waals surface area contributed by atoms with Gasteiger partial charge in [-0.15, -0.1) is 0 Å². The van der Waals surface area contributed by atoms with Crippen molar-refractivity contribution >= 4 is 56.6 Å². The number of thioether (sulfide) groups is 1. The van der Waals surface area contributed by atoms with E-state index in [2.05, 4.69) is 17.1 Å². The molecular formula is C21H24N2O3S2. The highest BCUT2D eigenvalue weighted by Crippen LogP contribution is 2.23. The monoisotopic (exact) mass is 416 g/mol. The molecule has 2 aromatic carbocycles. The fourth-order valence-corrected chi connectivity index (χ4v) is 4.16. The van der Waals surface area contributed by atoms with Crippen LogP contribution in [0, 0.1) is 5.92 Å². The van der Waals surface area contributed by atoms with E-state index in [0.717, 1.165) is 46.9 Å². The van der Waals surface area contributed by atoms with Gasteiger partial charge in [-0.25, -0.2) is 0 Å². The van der Waals surface area contributed by atoms with E-state index in [1.54, 1.807) is 0 Å². The van der Waals surface area contributed by atoms with E-state index >= 15 is 0 Å². The van der Waals surface area contributed by atoms with Gasteiger partial charge in [0.25, 0.3) is 5.91 Å². The van der Waals surface area contributed by atoms with Crippen molar-refractivity contribution in [1.29, 1.82) is 0 Å². The average molecular weight is 417 g/mol. The van der Waals surface area contributed by atoms with Crippen molar-refractivity contribution in [3.8, 4) is 0 Å². The molecule has 1 heterocycles. The number of anilines is 1. The molecule has 1 saturated heterocycles. The molecule has 7 heteroatoms. The maximum absolute atomic E-state index is 12.1. The molecule has 5 nitrogen and oxygen atoms in total. The fraction of sp³-hybridized carbons (Fsp3) is 0.381. The molecule has 1 fully saturated rings. The van der Waals surface area contributed by atoms with Gasteiger partial charge in [-0.1, -0.05) is 67.3 Å². The van der Waals surface area contributed by atoms with Crippen LogP contribution in [0.2, 0.25) is 0 Å². The number of likely N-dealkylation sites (tertiary alicyclic amines) is 1. The number of carbonyl (C=O) groups excluding carboxylic acids is 2. The van der Waals surface area contributed by atoms with Gasteiger partial charge in [0.15, 0.2) is 6.61 Å². The Morgan fingerprint density at radius 1 is 1.18 bits per heavy atom. The van der Waals surface area contributed by atoms with Gasteiger partial charge in [-0.2, -0.15) is 0 Å². The van der Waals surface area contributed by atoms with E-state index in [1.807, 2.05) is 42.5 Å². The number of amides is 1.